The Balaban J connectivity index is 0.000000499. The van der Waals surface area contributed by atoms with Crippen molar-refractivity contribution in [2.75, 3.05) is 10.6 Å². The number of anilines is 4. The minimum Gasteiger partial charge on any atom is -0.356 e. The summed E-state index contributed by atoms with van der Waals surface area (Å²) in [4.78, 5) is 33.0. The Morgan fingerprint density at radius 1 is 0.486 bits per heavy atom. The fourth-order valence-corrected chi connectivity index (χ4v) is 2.01. The van der Waals surface area contributed by atoms with E-state index >= 15 is 0 Å². The third-order valence-corrected chi connectivity index (χ3v) is 3.17. The number of rotatable bonds is 4. The van der Waals surface area contributed by atoms with Gasteiger partial charge in [-0.2, -0.15) is 0 Å². The maximum Gasteiger partial charge on any atom is 2.00 e. The molecular weight excluding hydrogens is 507 g/mol. The molecule has 4 rings (SSSR count). The van der Waals surface area contributed by atoms with Crippen LogP contribution in [0.5, 0.6) is 0 Å². The molecule has 4 heterocycles. The predicted molar refractivity (Wildman–Crippen MR) is 124 cm³/mol. The molecule has 0 saturated heterocycles. The van der Waals surface area contributed by atoms with Crippen molar-refractivity contribution >= 4 is 23.3 Å². The first kappa shape index (κ1) is 30.1. The van der Waals surface area contributed by atoms with Crippen LogP contribution >= 0.6 is 0 Å². The van der Waals surface area contributed by atoms with Crippen LogP contribution < -0.4 is 10.6 Å². The molecule has 0 unspecified atom stereocenters. The van der Waals surface area contributed by atoms with Crippen LogP contribution in [0.3, 0.4) is 0 Å². The molecule has 0 aliphatic carbocycles. The smallest absolute Gasteiger partial charge is 0.356 e. The average molecular weight is 525 g/mol. The molecule has 0 bridgehead atoms. The van der Waals surface area contributed by atoms with E-state index in [-0.39, 0.29) is 16.5 Å². The van der Waals surface area contributed by atoms with Gasteiger partial charge < -0.3 is 41.3 Å². The van der Waals surface area contributed by atoms with E-state index in [1.54, 1.807) is 24.8 Å². The van der Waals surface area contributed by atoms with Crippen LogP contribution in [0, 0.1) is 30.6 Å². The van der Waals surface area contributed by atoms with Crippen molar-refractivity contribution in [3.8, 4) is 0 Å². The topological polar surface area (TPSA) is 208 Å². The molecule has 4 aromatic heterocycles. The first-order valence-corrected chi connectivity index (χ1v) is 9.18. The van der Waals surface area contributed by atoms with Gasteiger partial charge in [0, 0.05) is 24.8 Å². The van der Waals surface area contributed by atoms with Gasteiger partial charge in [0.25, 0.3) is 0 Å². The molecule has 15 heteroatoms. The van der Waals surface area contributed by atoms with Crippen LogP contribution in [0.2, 0.25) is 0 Å². The maximum absolute atomic E-state index is 8.25. The first-order valence-electron chi connectivity index (χ1n) is 9.18. The molecule has 0 atom stereocenters. The zero-order valence-corrected chi connectivity index (χ0v) is 18.7. The van der Waals surface area contributed by atoms with Crippen molar-refractivity contribution < 1.29 is 26.7 Å². The van der Waals surface area contributed by atoms with Crippen molar-refractivity contribution in [1.82, 2.24) is 19.9 Å². The third-order valence-electron chi connectivity index (χ3n) is 3.17. The van der Waals surface area contributed by atoms with E-state index in [1.165, 1.54) is 0 Å². The van der Waals surface area contributed by atoms with E-state index in [9.17, 15) is 0 Å². The molecular formula is C20H18N8NiO6. The summed E-state index contributed by atoms with van der Waals surface area (Å²) in [6.07, 6.45) is 6.97. The van der Waals surface area contributed by atoms with Crippen LogP contribution in [-0.4, -0.2) is 30.1 Å². The van der Waals surface area contributed by atoms with E-state index in [0.717, 1.165) is 23.3 Å². The van der Waals surface area contributed by atoms with Gasteiger partial charge in [-0.1, -0.05) is 24.3 Å². The zero-order valence-electron chi connectivity index (χ0n) is 17.7. The Kier molecular flexibility index (Phi) is 16.0. The summed E-state index contributed by atoms with van der Waals surface area (Å²) in [6.45, 7) is 0. The molecule has 0 aromatic carbocycles. The summed E-state index contributed by atoms with van der Waals surface area (Å²) in [5, 5.41) is 35.7. The van der Waals surface area contributed by atoms with Gasteiger partial charge in [-0.15, -0.1) is 0 Å². The van der Waals surface area contributed by atoms with E-state index in [0.29, 0.717) is 0 Å². The van der Waals surface area contributed by atoms with Crippen molar-refractivity contribution in [3.05, 3.63) is 128 Å². The van der Waals surface area contributed by atoms with Crippen LogP contribution in [0.15, 0.2) is 97.6 Å². The summed E-state index contributed by atoms with van der Waals surface area (Å²) in [6, 6.07) is 22.8. The van der Waals surface area contributed by atoms with Crippen LogP contribution in [-0.2, 0) is 16.5 Å². The fraction of sp³-hybridized carbons (Fsp3) is 0. The molecule has 35 heavy (non-hydrogen) atoms. The van der Waals surface area contributed by atoms with Gasteiger partial charge in [0.15, 0.2) is 0 Å². The van der Waals surface area contributed by atoms with Gasteiger partial charge in [0.1, 0.15) is 23.3 Å². The van der Waals surface area contributed by atoms with Crippen LogP contribution in [0.4, 0.5) is 23.3 Å². The molecule has 184 valence electrons. The number of nitrogens with zero attached hydrogens (tertiary/aromatic N) is 6. The normalized spacial score (nSPS) is 8.46. The van der Waals surface area contributed by atoms with Gasteiger partial charge in [0.05, 0.1) is 10.2 Å². The Morgan fingerprint density at radius 3 is 0.829 bits per heavy atom. The molecule has 0 aliphatic heterocycles. The minimum absolute atomic E-state index is 0. The molecule has 4 aromatic rings. The van der Waals surface area contributed by atoms with Crippen molar-refractivity contribution in [2.24, 2.45) is 0 Å². The van der Waals surface area contributed by atoms with Crippen molar-refractivity contribution in [3.63, 3.8) is 0 Å². The Hall–Kier alpha value is -4.91. The predicted octanol–water partition coefficient (Wildman–Crippen LogP) is 3.96. The number of hydrogen-bond donors (Lipinski definition) is 2. The summed E-state index contributed by atoms with van der Waals surface area (Å²) in [5.41, 5.74) is 0. The first-order chi connectivity index (χ1) is 16.4. The SMILES string of the molecule is O=[N+]([O-])[O-].O=[N+]([O-])[O-].[Ni+2].c1ccc(Nc2ccccn2)nc1.c1ccc(Nc2ccccn2)nc1. The average Bonchev–Trinajstić information content (AvgIpc) is 2.82. The van der Waals surface area contributed by atoms with Gasteiger partial charge >= 0.3 is 16.5 Å². The monoisotopic (exact) mass is 524 g/mol. The van der Waals surface area contributed by atoms with Gasteiger partial charge in [0.2, 0.25) is 0 Å². The Bertz CT molecular complexity index is 912. The third kappa shape index (κ3) is 17.3. The summed E-state index contributed by atoms with van der Waals surface area (Å²) >= 11 is 0. The molecule has 0 saturated carbocycles. The largest absolute Gasteiger partial charge is 2.00 e. The molecule has 0 spiro atoms. The quantitative estimate of drug-likeness (QED) is 0.220. The molecule has 0 radical (unpaired) electrons. The second-order valence-electron chi connectivity index (χ2n) is 5.56. The van der Waals surface area contributed by atoms with Crippen LogP contribution in [0.1, 0.15) is 0 Å². The van der Waals surface area contributed by atoms with Crippen molar-refractivity contribution in [2.45, 2.75) is 0 Å². The summed E-state index contributed by atoms with van der Waals surface area (Å²) in [5.74, 6) is 3.23. The van der Waals surface area contributed by atoms with Crippen molar-refractivity contribution in [1.29, 1.82) is 0 Å². The molecule has 0 fully saturated rings. The molecule has 0 aliphatic rings. The minimum atomic E-state index is -1.75. The molecule has 14 nitrogen and oxygen atoms in total. The summed E-state index contributed by atoms with van der Waals surface area (Å²) < 4.78 is 0. The van der Waals surface area contributed by atoms with Crippen LogP contribution in [0.25, 0.3) is 0 Å². The maximum atomic E-state index is 8.25. The van der Waals surface area contributed by atoms with Gasteiger partial charge in [-0.3, -0.25) is 0 Å². The number of pyridine rings is 4. The second-order valence-corrected chi connectivity index (χ2v) is 5.56. The number of aromatic nitrogens is 4. The summed E-state index contributed by atoms with van der Waals surface area (Å²) in [7, 11) is 0. The second kappa shape index (κ2) is 18.6. The number of hydrogen-bond acceptors (Lipinski definition) is 12. The standard InChI is InChI=1S/2C10H9N3.2NO3.Ni/c2*1-3-7-11-9(5-1)13-10-6-2-4-8-12-10;2*2-1(3)4;/h2*1-8H,(H,11,12,13);;;/q;;2*-1;+2. The van der Waals surface area contributed by atoms with Gasteiger partial charge in [-0.25, -0.2) is 19.9 Å². The van der Waals surface area contributed by atoms with E-state index < -0.39 is 10.2 Å². The zero-order chi connectivity index (χ0) is 25.0. The number of nitrogens with one attached hydrogen (secondary N) is 2. The van der Waals surface area contributed by atoms with E-state index in [4.69, 9.17) is 30.6 Å². The van der Waals surface area contributed by atoms with E-state index in [1.807, 2.05) is 72.8 Å². The van der Waals surface area contributed by atoms with E-state index in [2.05, 4.69) is 30.6 Å². The molecule has 2 N–H and O–H groups in total. The fourth-order valence-electron chi connectivity index (χ4n) is 2.01. The Morgan fingerprint density at radius 2 is 0.686 bits per heavy atom. The molecule has 0 amide bonds. The van der Waals surface area contributed by atoms with Gasteiger partial charge in [-0.05, 0) is 48.5 Å². The Labute approximate surface area is 208 Å².